The number of ether oxygens (including phenoxy) is 1. The van der Waals surface area contributed by atoms with Crippen molar-refractivity contribution in [2.75, 3.05) is 39.4 Å². The minimum atomic E-state index is -1.02. The Bertz CT molecular complexity index is 358. The van der Waals surface area contributed by atoms with E-state index in [1.165, 1.54) is 17.7 Å². The topological polar surface area (TPSA) is 82.1 Å². The van der Waals surface area contributed by atoms with Crippen LogP contribution in [0.3, 0.4) is 0 Å². The molecular formula is C13H23N3O4. The number of carboxylic acid groups (broad SMARTS) is 1. The highest BCUT2D eigenvalue weighted by molar-refractivity contribution is 5.83. The summed E-state index contributed by atoms with van der Waals surface area (Å²) in [7, 11) is 0. The molecule has 0 bridgehead atoms. The van der Waals surface area contributed by atoms with E-state index in [0.29, 0.717) is 13.2 Å². The number of carbonyl (C=O) groups excluding carboxylic acids is 1. The van der Waals surface area contributed by atoms with Crippen molar-refractivity contribution in [1.29, 1.82) is 0 Å². The van der Waals surface area contributed by atoms with Crippen LogP contribution < -0.4 is 5.32 Å². The van der Waals surface area contributed by atoms with Crippen LogP contribution in [0.5, 0.6) is 0 Å². The lowest BCUT2D eigenvalue weighted by Crippen LogP contribution is -2.57. The van der Waals surface area contributed by atoms with E-state index in [-0.39, 0.29) is 18.7 Å². The Kier molecular flexibility index (Phi) is 5.19. The maximum absolute atomic E-state index is 12.2. The number of nitrogens with one attached hydrogen (secondary N) is 1. The number of amides is 2. The summed E-state index contributed by atoms with van der Waals surface area (Å²) < 4.78 is 5.13. The van der Waals surface area contributed by atoms with Gasteiger partial charge in [0.1, 0.15) is 0 Å². The lowest BCUT2D eigenvalue weighted by molar-refractivity contribution is -0.147. The van der Waals surface area contributed by atoms with Gasteiger partial charge in [-0.1, -0.05) is 0 Å². The second-order valence-electron chi connectivity index (χ2n) is 5.48. The third-order valence-corrected chi connectivity index (χ3v) is 3.78. The van der Waals surface area contributed by atoms with Gasteiger partial charge in [-0.05, 0) is 32.9 Å². The van der Waals surface area contributed by atoms with Gasteiger partial charge >= 0.3 is 12.0 Å². The first-order valence-corrected chi connectivity index (χ1v) is 7.18. The summed E-state index contributed by atoms with van der Waals surface area (Å²) in [6.45, 7) is 5.69. The molecule has 2 amide bonds. The number of rotatable bonds is 4. The summed E-state index contributed by atoms with van der Waals surface area (Å²) >= 11 is 0. The number of carbonyl (C=O) groups is 2. The third kappa shape index (κ3) is 3.83. The summed E-state index contributed by atoms with van der Waals surface area (Å²) in [5.41, 5.74) is 0. The van der Waals surface area contributed by atoms with E-state index in [2.05, 4.69) is 10.2 Å². The van der Waals surface area contributed by atoms with E-state index in [1.807, 2.05) is 6.92 Å². The minimum absolute atomic E-state index is 0.0119. The van der Waals surface area contributed by atoms with Gasteiger partial charge in [-0.15, -0.1) is 0 Å². The van der Waals surface area contributed by atoms with Gasteiger partial charge in [0.15, 0.2) is 6.04 Å². The zero-order valence-electron chi connectivity index (χ0n) is 11.9. The molecule has 0 radical (unpaired) electrons. The minimum Gasteiger partial charge on any atom is -0.480 e. The fraction of sp³-hybridized carbons (Fsp3) is 0.846. The van der Waals surface area contributed by atoms with Gasteiger partial charge in [-0.3, -0.25) is 0 Å². The molecule has 2 aliphatic heterocycles. The van der Waals surface area contributed by atoms with E-state index < -0.39 is 12.0 Å². The Balaban J connectivity index is 1.84. The smallest absolute Gasteiger partial charge is 0.328 e. The molecule has 0 aromatic rings. The van der Waals surface area contributed by atoms with Crippen LogP contribution in [0.2, 0.25) is 0 Å². The lowest BCUT2D eigenvalue weighted by atomic mass is 10.2. The fourth-order valence-corrected chi connectivity index (χ4v) is 2.74. The Hall–Kier alpha value is -1.34. The first-order valence-electron chi connectivity index (χ1n) is 7.18. The molecule has 2 rings (SSSR count). The fourth-order valence-electron chi connectivity index (χ4n) is 2.74. The van der Waals surface area contributed by atoms with Crippen molar-refractivity contribution in [3.05, 3.63) is 0 Å². The maximum Gasteiger partial charge on any atom is 0.328 e. The number of aliphatic carboxylic acids is 1. The molecule has 2 saturated heterocycles. The van der Waals surface area contributed by atoms with Gasteiger partial charge in [-0.2, -0.15) is 0 Å². The molecule has 2 heterocycles. The van der Waals surface area contributed by atoms with E-state index in [0.717, 1.165) is 19.6 Å². The number of nitrogens with zero attached hydrogens (tertiary/aromatic N) is 2. The normalized spacial score (nSPS) is 25.4. The van der Waals surface area contributed by atoms with E-state index in [1.54, 1.807) is 0 Å². The summed E-state index contributed by atoms with van der Waals surface area (Å²) in [6.07, 6.45) is 2.43. The first kappa shape index (κ1) is 15.1. The van der Waals surface area contributed by atoms with Crippen LogP contribution in [-0.4, -0.2) is 78.4 Å². The molecule has 0 aromatic carbocycles. The Morgan fingerprint density at radius 2 is 2.05 bits per heavy atom. The summed E-state index contributed by atoms with van der Waals surface area (Å²) in [4.78, 5) is 27.0. The second-order valence-corrected chi connectivity index (χ2v) is 5.48. The van der Waals surface area contributed by atoms with Crippen molar-refractivity contribution in [3.63, 3.8) is 0 Å². The predicted molar refractivity (Wildman–Crippen MR) is 72.6 cm³/mol. The zero-order chi connectivity index (χ0) is 14.5. The predicted octanol–water partition coefficient (Wildman–Crippen LogP) is -0.0343. The highest BCUT2D eigenvalue weighted by Gasteiger charge is 2.33. The molecule has 0 spiro atoms. The van der Waals surface area contributed by atoms with Crippen LogP contribution in [0.15, 0.2) is 0 Å². The molecule has 114 valence electrons. The zero-order valence-corrected chi connectivity index (χ0v) is 11.9. The number of urea groups is 1. The van der Waals surface area contributed by atoms with Crippen LogP contribution in [0, 0.1) is 0 Å². The molecule has 7 heteroatoms. The molecule has 0 aromatic heterocycles. The molecule has 2 aliphatic rings. The number of hydrogen-bond acceptors (Lipinski definition) is 4. The average molecular weight is 285 g/mol. The highest BCUT2D eigenvalue weighted by Crippen LogP contribution is 2.10. The van der Waals surface area contributed by atoms with Gasteiger partial charge in [0.05, 0.1) is 13.2 Å². The van der Waals surface area contributed by atoms with Crippen molar-refractivity contribution in [3.8, 4) is 0 Å². The highest BCUT2D eigenvalue weighted by atomic mass is 16.5. The van der Waals surface area contributed by atoms with Gasteiger partial charge in [0.25, 0.3) is 0 Å². The van der Waals surface area contributed by atoms with Crippen molar-refractivity contribution in [1.82, 2.24) is 15.1 Å². The van der Waals surface area contributed by atoms with Crippen LogP contribution in [0.25, 0.3) is 0 Å². The Morgan fingerprint density at radius 1 is 1.35 bits per heavy atom. The van der Waals surface area contributed by atoms with Crippen molar-refractivity contribution >= 4 is 12.0 Å². The summed E-state index contributed by atoms with van der Waals surface area (Å²) in [5, 5.41) is 12.0. The third-order valence-electron chi connectivity index (χ3n) is 3.78. The number of carboxylic acids is 1. The van der Waals surface area contributed by atoms with Crippen molar-refractivity contribution in [2.45, 2.75) is 31.8 Å². The van der Waals surface area contributed by atoms with Gasteiger partial charge in [-0.25, -0.2) is 9.59 Å². The van der Waals surface area contributed by atoms with Gasteiger partial charge in [0.2, 0.25) is 0 Å². The molecule has 0 saturated carbocycles. The maximum atomic E-state index is 12.2. The Morgan fingerprint density at radius 3 is 2.70 bits per heavy atom. The van der Waals surface area contributed by atoms with E-state index in [9.17, 15) is 9.59 Å². The molecule has 7 nitrogen and oxygen atoms in total. The second kappa shape index (κ2) is 6.90. The van der Waals surface area contributed by atoms with Crippen LogP contribution in [-0.2, 0) is 9.53 Å². The number of likely N-dealkylation sites (tertiary alicyclic amines) is 1. The quantitative estimate of drug-likeness (QED) is 0.758. The molecule has 20 heavy (non-hydrogen) atoms. The van der Waals surface area contributed by atoms with Gasteiger partial charge in [0, 0.05) is 19.1 Å². The average Bonchev–Trinajstić information content (AvgIpc) is 2.91. The van der Waals surface area contributed by atoms with Crippen molar-refractivity contribution in [2.24, 2.45) is 0 Å². The first-order chi connectivity index (χ1) is 9.58. The van der Waals surface area contributed by atoms with E-state index in [4.69, 9.17) is 9.84 Å². The number of morpholine rings is 1. The lowest BCUT2D eigenvalue weighted by Gasteiger charge is -2.34. The summed E-state index contributed by atoms with van der Waals surface area (Å²) in [5.74, 6) is -1.02. The number of hydrogen-bond donors (Lipinski definition) is 2. The van der Waals surface area contributed by atoms with E-state index >= 15 is 0 Å². The standard InChI is InChI=1S/C13H23N3O4/c1-10(8-15-4-2-3-5-15)14-13(19)16-6-7-20-9-11(16)12(17)18/h10-11H,2-9H2,1H3,(H,14,19)(H,17,18). The molecule has 2 unspecified atom stereocenters. The van der Waals surface area contributed by atoms with Gasteiger partial charge < -0.3 is 25.0 Å². The molecular weight excluding hydrogens is 262 g/mol. The van der Waals surface area contributed by atoms with Crippen LogP contribution in [0.4, 0.5) is 4.79 Å². The van der Waals surface area contributed by atoms with Crippen molar-refractivity contribution < 1.29 is 19.4 Å². The molecule has 2 fully saturated rings. The Labute approximate surface area is 118 Å². The molecule has 2 N–H and O–H groups in total. The van der Waals surface area contributed by atoms with Crippen LogP contribution in [0.1, 0.15) is 19.8 Å². The van der Waals surface area contributed by atoms with Crippen LogP contribution >= 0.6 is 0 Å². The molecule has 2 atom stereocenters. The molecule has 0 aliphatic carbocycles. The largest absolute Gasteiger partial charge is 0.480 e. The monoisotopic (exact) mass is 285 g/mol. The summed E-state index contributed by atoms with van der Waals surface area (Å²) in [6, 6.07) is -1.19. The SMILES string of the molecule is CC(CN1CCCC1)NC(=O)N1CCOCC1C(=O)O.